The van der Waals surface area contributed by atoms with Crippen molar-refractivity contribution < 1.29 is 18.3 Å². The van der Waals surface area contributed by atoms with E-state index in [4.69, 9.17) is 0 Å². The second-order valence-corrected chi connectivity index (χ2v) is 6.77. The molecule has 0 atom stereocenters. The molecule has 1 N–H and O–H groups in total. The lowest BCUT2D eigenvalue weighted by Crippen LogP contribution is -2.44. The van der Waals surface area contributed by atoms with E-state index in [-0.39, 0.29) is 6.54 Å². The summed E-state index contributed by atoms with van der Waals surface area (Å²) in [5.74, 6) is 0. The number of amides is 1. The van der Waals surface area contributed by atoms with Gasteiger partial charge in [-0.25, -0.2) is 4.79 Å². The molecule has 0 heterocycles. The van der Waals surface area contributed by atoms with Gasteiger partial charge in [0.15, 0.2) is 0 Å². The van der Waals surface area contributed by atoms with Gasteiger partial charge in [-0.15, -0.1) is 0 Å². The minimum absolute atomic E-state index is 0.184. The molecule has 0 fully saturated rings. The Kier molecular flexibility index (Phi) is 6.64. The number of benzene rings is 1. The van der Waals surface area contributed by atoms with Crippen molar-refractivity contribution in [2.45, 2.75) is 32.7 Å². The molecule has 6 nitrogen and oxygen atoms in total. The molecule has 0 spiro atoms. The normalized spacial score (nSPS) is 11.6. The quantitative estimate of drug-likeness (QED) is 0.748. The van der Waals surface area contributed by atoms with Crippen molar-refractivity contribution in [3.63, 3.8) is 0 Å². The summed E-state index contributed by atoms with van der Waals surface area (Å²) >= 11 is 0. The maximum absolute atomic E-state index is 12.3. The Labute approximate surface area is 126 Å². The van der Waals surface area contributed by atoms with Gasteiger partial charge in [-0.2, -0.15) is 17.0 Å². The molecular weight excluding hydrogens is 292 g/mol. The van der Waals surface area contributed by atoms with E-state index in [1.807, 2.05) is 6.92 Å². The van der Waals surface area contributed by atoms with Gasteiger partial charge in [-0.3, -0.25) is 0 Å². The van der Waals surface area contributed by atoms with Gasteiger partial charge in [0.1, 0.15) is 0 Å². The van der Waals surface area contributed by atoms with E-state index in [2.05, 4.69) is 0 Å². The zero-order chi connectivity index (χ0) is 15.9. The highest BCUT2D eigenvalue weighted by atomic mass is 32.2. The van der Waals surface area contributed by atoms with Gasteiger partial charge in [0.2, 0.25) is 0 Å². The second kappa shape index (κ2) is 7.99. The smallest absolute Gasteiger partial charge is 0.422 e. The molecule has 7 heteroatoms. The predicted molar refractivity (Wildman–Crippen MR) is 81.1 cm³/mol. The Morgan fingerprint density at radius 3 is 2.33 bits per heavy atom. The molecule has 0 aliphatic rings. The third-order valence-electron chi connectivity index (χ3n) is 3.13. The summed E-state index contributed by atoms with van der Waals surface area (Å²) in [5, 5.41) is 9.21. The second-order valence-electron chi connectivity index (χ2n) is 4.81. The summed E-state index contributed by atoms with van der Waals surface area (Å²) < 4.78 is 26.3. The van der Waals surface area contributed by atoms with E-state index in [0.717, 1.165) is 17.1 Å². The summed E-state index contributed by atoms with van der Waals surface area (Å²) in [5.41, 5.74) is 0.630. The number of hydrogen-bond acceptors (Lipinski definition) is 3. The molecule has 0 aliphatic carbocycles. The van der Waals surface area contributed by atoms with Gasteiger partial charge < -0.3 is 5.11 Å². The number of nitrogens with zero attached hydrogens (tertiary/aromatic N) is 2. The Hall–Kier alpha value is -1.60. The van der Waals surface area contributed by atoms with Crippen molar-refractivity contribution in [2.75, 3.05) is 13.6 Å². The van der Waals surface area contributed by atoms with E-state index < -0.39 is 16.3 Å². The zero-order valence-corrected chi connectivity index (χ0v) is 13.2. The molecule has 0 unspecified atom stereocenters. The largest absolute Gasteiger partial charge is 0.464 e. The lowest BCUT2D eigenvalue weighted by molar-refractivity contribution is 0.168. The van der Waals surface area contributed by atoms with Gasteiger partial charge in [0.25, 0.3) is 0 Å². The molecule has 0 radical (unpaired) electrons. The number of carbonyl (C=O) groups is 1. The van der Waals surface area contributed by atoms with Gasteiger partial charge in [-0.05, 0) is 12.0 Å². The summed E-state index contributed by atoms with van der Waals surface area (Å²) in [7, 11) is -2.60. The fraction of sp³-hybridized carbons (Fsp3) is 0.500. The Morgan fingerprint density at radius 1 is 1.19 bits per heavy atom. The minimum atomic E-state index is -4.01. The average Bonchev–Trinajstić information content (AvgIpc) is 2.45. The lowest BCUT2D eigenvalue weighted by Gasteiger charge is -2.25. The molecule has 118 valence electrons. The molecule has 1 amide bonds. The first kappa shape index (κ1) is 17.5. The van der Waals surface area contributed by atoms with Crippen LogP contribution in [0.3, 0.4) is 0 Å². The van der Waals surface area contributed by atoms with Crippen LogP contribution in [0.2, 0.25) is 0 Å². The molecule has 0 aromatic heterocycles. The van der Waals surface area contributed by atoms with Crippen LogP contribution in [-0.2, 0) is 16.8 Å². The lowest BCUT2D eigenvalue weighted by atomic mass is 10.2. The van der Waals surface area contributed by atoms with Crippen molar-refractivity contribution in [2.24, 2.45) is 0 Å². The Balaban J connectivity index is 2.85. The van der Waals surface area contributed by atoms with E-state index in [9.17, 15) is 18.3 Å². The van der Waals surface area contributed by atoms with Crippen molar-refractivity contribution in [3.8, 4) is 0 Å². The Bertz CT molecular complexity index is 545. The molecule has 1 aromatic carbocycles. The summed E-state index contributed by atoms with van der Waals surface area (Å²) in [6.45, 7) is 2.15. The van der Waals surface area contributed by atoms with Gasteiger partial charge in [0.05, 0.1) is 6.54 Å². The van der Waals surface area contributed by atoms with E-state index in [0.29, 0.717) is 22.8 Å². The summed E-state index contributed by atoms with van der Waals surface area (Å²) in [6, 6.07) is 8.67. The van der Waals surface area contributed by atoms with Crippen LogP contribution in [-0.4, -0.2) is 41.8 Å². The zero-order valence-electron chi connectivity index (χ0n) is 12.4. The number of unbranched alkanes of at least 4 members (excludes halogenated alkanes) is 2. The molecule has 0 bridgehead atoms. The first-order valence-corrected chi connectivity index (χ1v) is 8.30. The Morgan fingerprint density at radius 2 is 1.81 bits per heavy atom. The molecule has 21 heavy (non-hydrogen) atoms. The summed E-state index contributed by atoms with van der Waals surface area (Å²) in [6.07, 6.45) is 1.12. The van der Waals surface area contributed by atoms with Crippen LogP contribution in [0.5, 0.6) is 0 Å². The standard InChI is InChI=1S/C14H22N2O4S/c1-3-4-8-11-15(2)21(19,20)16(14(17)18)12-13-9-6-5-7-10-13/h5-7,9-10H,3-4,8,11-12H2,1-2H3,(H,17,18). The van der Waals surface area contributed by atoms with Gasteiger partial charge >= 0.3 is 16.3 Å². The molecule has 0 saturated heterocycles. The number of carboxylic acid groups (broad SMARTS) is 1. The fourth-order valence-corrected chi connectivity index (χ4v) is 3.07. The minimum Gasteiger partial charge on any atom is -0.464 e. The van der Waals surface area contributed by atoms with Crippen LogP contribution < -0.4 is 0 Å². The van der Waals surface area contributed by atoms with Crippen LogP contribution >= 0.6 is 0 Å². The molecule has 1 aromatic rings. The predicted octanol–water partition coefficient (Wildman–Crippen LogP) is 2.53. The van der Waals surface area contributed by atoms with Crippen LogP contribution in [0.15, 0.2) is 30.3 Å². The van der Waals surface area contributed by atoms with E-state index >= 15 is 0 Å². The number of hydrogen-bond donors (Lipinski definition) is 1. The molecular formula is C14H22N2O4S. The average molecular weight is 314 g/mol. The SMILES string of the molecule is CCCCCN(C)S(=O)(=O)N(Cc1ccccc1)C(=O)O. The van der Waals surface area contributed by atoms with Gasteiger partial charge in [0, 0.05) is 13.6 Å². The number of rotatable bonds is 8. The first-order chi connectivity index (χ1) is 9.89. The van der Waals surface area contributed by atoms with Crippen molar-refractivity contribution in [3.05, 3.63) is 35.9 Å². The third-order valence-corrected chi connectivity index (χ3v) is 4.94. The van der Waals surface area contributed by atoms with Crippen LogP contribution in [0, 0.1) is 0 Å². The van der Waals surface area contributed by atoms with Gasteiger partial charge in [-0.1, -0.05) is 50.1 Å². The summed E-state index contributed by atoms with van der Waals surface area (Å²) in [4.78, 5) is 11.3. The maximum atomic E-state index is 12.3. The van der Waals surface area contributed by atoms with Crippen molar-refractivity contribution in [1.82, 2.24) is 8.61 Å². The van der Waals surface area contributed by atoms with Crippen LogP contribution in [0.1, 0.15) is 31.7 Å². The van der Waals surface area contributed by atoms with E-state index in [1.165, 1.54) is 7.05 Å². The maximum Gasteiger partial charge on any atom is 0.422 e. The highest BCUT2D eigenvalue weighted by Gasteiger charge is 2.31. The monoisotopic (exact) mass is 314 g/mol. The van der Waals surface area contributed by atoms with Crippen LogP contribution in [0.25, 0.3) is 0 Å². The molecule has 0 saturated carbocycles. The fourth-order valence-electron chi connectivity index (χ4n) is 1.87. The first-order valence-electron chi connectivity index (χ1n) is 6.90. The highest BCUT2D eigenvalue weighted by Crippen LogP contribution is 2.13. The van der Waals surface area contributed by atoms with Crippen LogP contribution in [0.4, 0.5) is 4.79 Å². The third kappa shape index (κ3) is 5.02. The topological polar surface area (TPSA) is 77.9 Å². The van der Waals surface area contributed by atoms with Crippen molar-refractivity contribution in [1.29, 1.82) is 0 Å². The molecule has 1 rings (SSSR count). The van der Waals surface area contributed by atoms with Crippen molar-refractivity contribution >= 4 is 16.3 Å². The van der Waals surface area contributed by atoms with E-state index in [1.54, 1.807) is 30.3 Å². The molecule has 0 aliphatic heterocycles. The highest BCUT2D eigenvalue weighted by molar-refractivity contribution is 7.87.